The maximum atomic E-state index is 10.7. The third-order valence-electron chi connectivity index (χ3n) is 5.60. The third kappa shape index (κ3) is 65.7. The van der Waals surface area contributed by atoms with Crippen molar-refractivity contribution in [3.8, 4) is 0 Å². The fourth-order valence-corrected chi connectivity index (χ4v) is 3.12. The molecule has 0 amide bonds. The SMILES string of the molecule is CCCCCCCC.CCCCCCCC.COCCCCOC(=O)/C=C\C(=O)[O-].COCCCCOC(=O)/C=C\C(=O)[O-].[Sn+2]. The fraction of sp³-hybridized carbons (Fsp3) is 0.765. The summed E-state index contributed by atoms with van der Waals surface area (Å²) < 4.78 is 18.9. The summed E-state index contributed by atoms with van der Waals surface area (Å²) in [5.41, 5.74) is 0. The van der Waals surface area contributed by atoms with Gasteiger partial charge in [-0.1, -0.05) is 105 Å². The van der Waals surface area contributed by atoms with Gasteiger partial charge in [0.2, 0.25) is 0 Å². The Balaban J connectivity index is -0.000000162. The van der Waals surface area contributed by atoms with E-state index in [0.29, 0.717) is 38.2 Å². The number of aliphatic carboxylic acids is 2. The molecule has 0 spiro atoms. The van der Waals surface area contributed by atoms with Gasteiger partial charge in [0, 0.05) is 39.6 Å². The van der Waals surface area contributed by atoms with Gasteiger partial charge in [-0.2, -0.15) is 0 Å². The van der Waals surface area contributed by atoms with E-state index in [2.05, 4.69) is 37.2 Å². The summed E-state index contributed by atoms with van der Waals surface area (Å²) in [4.78, 5) is 41.3. The van der Waals surface area contributed by atoms with Gasteiger partial charge in [-0.3, -0.25) is 0 Å². The Bertz CT molecular complexity index is 626. The van der Waals surface area contributed by atoms with E-state index in [4.69, 9.17) is 9.47 Å². The molecule has 0 bridgehead atoms. The molecule has 0 atom stereocenters. The third-order valence-corrected chi connectivity index (χ3v) is 5.60. The number of unbranched alkanes of at least 4 members (excludes halogenated alkanes) is 12. The number of ether oxygens (including phenoxy) is 4. The number of carbonyl (C=O) groups is 4. The van der Waals surface area contributed by atoms with Crippen molar-refractivity contribution < 1.29 is 48.3 Å². The summed E-state index contributed by atoms with van der Waals surface area (Å²) in [5.74, 6) is -4.18. The monoisotopic (exact) mass is 750 g/mol. The molecule has 45 heavy (non-hydrogen) atoms. The van der Waals surface area contributed by atoms with Crippen LogP contribution in [0.2, 0.25) is 0 Å². The van der Waals surface area contributed by atoms with E-state index in [1.54, 1.807) is 14.2 Å². The van der Waals surface area contributed by atoms with Crippen LogP contribution in [-0.4, -0.2) is 88.4 Å². The number of methoxy groups -OCH3 is 2. The summed E-state index contributed by atoms with van der Waals surface area (Å²) in [7, 11) is 3.18. The van der Waals surface area contributed by atoms with E-state index in [0.717, 1.165) is 25.0 Å². The topological polar surface area (TPSA) is 151 Å². The van der Waals surface area contributed by atoms with Crippen LogP contribution >= 0.6 is 0 Å². The second-order valence-electron chi connectivity index (χ2n) is 9.87. The van der Waals surface area contributed by atoms with Gasteiger partial charge in [0.1, 0.15) is 0 Å². The molecular formula is C34H62O10Sn. The molecule has 0 aliphatic rings. The Hall–Kier alpha value is -1.92. The molecule has 0 N–H and O–H groups in total. The van der Waals surface area contributed by atoms with E-state index in [1.165, 1.54) is 77.0 Å². The first-order valence-electron chi connectivity index (χ1n) is 16.3. The van der Waals surface area contributed by atoms with Crippen molar-refractivity contribution >= 4 is 47.8 Å². The molecule has 0 aromatic heterocycles. The Morgan fingerprint density at radius 3 is 0.933 bits per heavy atom. The van der Waals surface area contributed by atoms with Crippen LogP contribution in [0.4, 0.5) is 0 Å². The van der Waals surface area contributed by atoms with Crippen molar-refractivity contribution in [3.05, 3.63) is 24.3 Å². The van der Waals surface area contributed by atoms with Gasteiger partial charge in [-0.05, 0) is 37.8 Å². The van der Waals surface area contributed by atoms with Crippen molar-refractivity contribution in [2.75, 3.05) is 40.6 Å². The van der Waals surface area contributed by atoms with E-state index in [9.17, 15) is 29.4 Å². The first-order valence-corrected chi connectivity index (χ1v) is 16.3. The molecule has 0 aromatic rings. The smallest absolute Gasteiger partial charge is 0.545 e. The zero-order chi connectivity index (χ0) is 34.1. The average Bonchev–Trinajstić information content (AvgIpc) is 3.00. The van der Waals surface area contributed by atoms with Gasteiger partial charge < -0.3 is 38.7 Å². The van der Waals surface area contributed by atoms with E-state index in [-0.39, 0.29) is 37.1 Å². The van der Waals surface area contributed by atoms with Crippen LogP contribution in [0, 0.1) is 0 Å². The quantitative estimate of drug-likeness (QED) is 0.0579. The van der Waals surface area contributed by atoms with Crippen molar-refractivity contribution in [1.82, 2.24) is 0 Å². The van der Waals surface area contributed by atoms with Crippen LogP contribution < -0.4 is 10.2 Å². The Morgan fingerprint density at radius 1 is 0.444 bits per heavy atom. The minimum absolute atomic E-state index is 0. The summed E-state index contributed by atoms with van der Waals surface area (Å²) in [5, 5.41) is 19.8. The number of hydrogen-bond acceptors (Lipinski definition) is 10. The predicted octanol–water partition coefficient (Wildman–Crippen LogP) is 4.88. The number of carboxylic acid groups (broad SMARTS) is 2. The van der Waals surface area contributed by atoms with Gasteiger partial charge in [0.15, 0.2) is 0 Å². The molecule has 262 valence electrons. The molecule has 10 nitrogen and oxygen atoms in total. The maximum Gasteiger partial charge on any atom is 2.00 e. The molecule has 0 aromatic carbocycles. The molecule has 0 fully saturated rings. The van der Waals surface area contributed by atoms with Crippen LogP contribution in [0.5, 0.6) is 0 Å². The van der Waals surface area contributed by atoms with Crippen molar-refractivity contribution in [1.29, 1.82) is 0 Å². The number of hydrogen-bond donors (Lipinski definition) is 0. The van der Waals surface area contributed by atoms with Crippen LogP contribution in [0.3, 0.4) is 0 Å². The molecule has 0 aliphatic carbocycles. The molecule has 0 saturated heterocycles. The second-order valence-corrected chi connectivity index (χ2v) is 9.87. The predicted molar refractivity (Wildman–Crippen MR) is 176 cm³/mol. The maximum absolute atomic E-state index is 10.7. The Kier molecular flexibility index (Phi) is 57.2. The summed E-state index contributed by atoms with van der Waals surface area (Å²) in [6, 6.07) is 0. The first kappa shape index (κ1) is 52.6. The Morgan fingerprint density at radius 2 is 0.711 bits per heavy atom. The Labute approximate surface area is 290 Å². The molecule has 11 heteroatoms. The van der Waals surface area contributed by atoms with E-state index in [1.807, 2.05) is 0 Å². The van der Waals surface area contributed by atoms with Crippen molar-refractivity contribution in [2.45, 2.75) is 130 Å². The molecule has 0 rings (SSSR count). The van der Waals surface area contributed by atoms with Gasteiger partial charge in [-0.15, -0.1) is 0 Å². The minimum atomic E-state index is -1.42. The second kappa shape index (κ2) is 49.0. The van der Waals surface area contributed by atoms with Gasteiger partial charge in [-0.25, -0.2) is 9.59 Å². The largest absolute Gasteiger partial charge is 2.00 e. The molecular weight excluding hydrogens is 687 g/mol. The van der Waals surface area contributed by atoms with E-state index >= 15 is 0 Å². The van der Waals surface area contributed by atoms with E-state index < -0.39 is 23.9 Å². The normalized spacial score (nSPS) is 9.91. The zero-order valence-corrected chi connectivity index (χ0v) is 31.9. The summed E-state index contributed by atoms with van der Waals surface area (Å²) in [6.07, 6.45) is 22.9. The average molecular weight is 750 g/mol. The molecule has 0 aliphatic heterocycles. The standard InChI is InChI=1S/2C9H14O5.2C8H18.Sn/c2*1-13-6-2-3-7-14-9(12)5-4-8(10)11;2*1-3-5-7-8-6-4-2;/h2*4-5H,2-3,6-7H2,1H3,(H,10,11);2*3-8H2,1-2H3;/q;;;;+2/p-2/b2*5-4-;;;. The molecule has 2 radical (unpaired) electrons. The fourth-order valence-electron chi connectivity index (χ4n) is 3.12. The van der Waals surface area contributed by atoms with Crippen molar-refractivity contribution in [2.24, 2.45) is 0 Å². The van der Waals surface area contributed by atoms with Crippen LogP contribution in [0.25, 0.3) is 0 Å². The summed E-state index contributed by atoms with van der Waals surface area (Å²) in [6.45, 7) is 10.8. The number of carbonyl (C=O) groups excluding carboxylic acids is 4. The number of esters is 2. The molecule has 0 unspecified atom stereocenters. The number of carboxylic acids is 2. The molecule has 0 saturated carbocycles. The van der Waals surface area contributed by atoms with Gasteiger partial charge in [0.25, 0.3) is 0 Å². The van der Waals surface area contributed by atoms with Crippen LogP contribution in [0.1, 0.15) is 130 Å². The van der Waals surface area contributed by atoms with Crippen LogP contribution in [-0.2, 0) is 38.1 Å². The number of rotatable bonds is 24. The summed E-state index contributed by atoms with van der Waals surface area (Å²) >= 11 is 0. The van der Waals surface area contributed by atoms with Gasteiger partial charge >= 0.3 is 35.8 Å². The van der Waals surface area contributed by atoms with Gasteiger partial charge in [0.05, 0.1) is 25.2 Å². The minimum Gasteiger partial charge on any atom is -0.545 e. The van der Waals surface area contributed by atoms with Crippen LogP contribution in [0.15, 0.2) is 24.3 Å². The zero-order valence-electron chi connectivity index (χ0n) is 29.0. The molecule has 0 heterocycles. The van der Waals surface area contributed by atoms with Crippen molar-refractivity contribution in [3.63, 3.8) is 0 Å². The first-order chi connectivity index (χ1) is 21.2.